The van der Waals surface area contributed by atoms with Crippen LogP contribution < -0.4 is 11.1 Å². The second kappa shape index (κ2) is 5.87. The van der Waals surface area contributed by atoms with Crippen LogP contribution >= 0.6 is 0 Å². The third-order valence-corrected chi connectivity index (χ3v) is 2.98. The molecule has 1 atom stereocenters. The Kier molecular flexibility index (Phi) is 4.19. The Labute approximate surface area is 97.0 Å². The molecule has 0 aliphatic carbocycles. The van der Waals surface area contributed by atoms with Gasteiger partial charge < -0.3 is 15.8 Å². The Hall–Kier alpha value is -1.06. The van der Waals surface area contributed by atoms with E-state index in [-0.39, 0.29) is 0 Å². The number of rotatable bonds is 5. The Morgan fingerprint density at radius 1 is 1.31 bits per heavy atom. The van der Waals surface area contributed by atoms with Crippen molar-refractivity contribution in [2.24, 2.45) is 0 Å². The molecular weight excluding hydrogens is 200 g/mol. The topological polar surface area (TPSA) is 47.3 Å². The lowest BCUT2D eigenvalue weighted by molar-refractivity contribution is 0.104. The molecule has 0 amide bonds. The van der Waals surface area contributed by atoms with Crippen LogP contribution in [0.15, 0.2) is 24.3 Å². The van der Waals surface area contributed by atoms with Gasteiger partial charge in [0.2, 0.25) is 0 Å². The first kappa shape index (κ1) is 11.4. The summed E-state index contributed by atoms with van der Waals surface area (Å²) in [4.78, 5) is 0. The summed E-state index contributed by atoms with van der Waals surface area (Å²) >= 11 is 0. The van der Waals surface area contributed by atoms with Gasteiger partial charge in [0.1, 0.15) is 0 Å². The normalized spacial score (nSPS) is 20.1. The average molecular weight is 220 g/mol. The Bertz CT molecular complexity index is 304. The summed E-state index contributed by atoms with van der Waals surface area (Å²) in [7, 11) is 0. The molecule has 3 heteroatoms. The fraction of sp³-hybridized carbons (Fsp3) is 0.538. The minimum atomic E-state index is 0.485. The van der Waals surface area contributed by atoms with Gasteiger partial charge >= 0.3 is 0 Å². The van der Waals surface area contributed by atoms with E-state index in [1.807, 2.05) is 12.1 Å². The molecule has 1 aromatic carbocycles. The lowest BCUT2D eigenvalue weighted by Gasteiger charge is -2.10. The molecule has 3 N–H and O–H groups in total. The minimum Gasteiger partial charge on any atom is -0.399 e. The van der Waals surface area contributed by atoms with Crippen LogP contribution in [0.1, 0.15) is 24.8 Å². The van der Waals surface area contributed by atoms with Gasteiger partial charge in [-0.05, 0) is 43.5 Å². The maximum Gasteiger partial charge on any atom is 0.0588 e. The van der Waals surface area contributed by atoms with Crippen LogP contribution in [-0.2, 0) is 11.3 Å². The van der Waals surface area contributed by atoms with E-state index in [1.54, 1.807) is 0 Å². The highest BCUT2D eigenvalue weighted by Crippen LogP contribution is 2.14. The molecule has 1 fully saturated rings. The van der Waals surface area contributed by atoms with Gasteiger partial charge in [-0.25, -0.2) is 0 Å². The maximum atomic E-state index is 5.63. The van der Waals surface area contributed by atoms with Crippen molar-refractivity contribution in [3.63, 3.8) is 0 Å². The third-order valence-electron chi connectivity index (χ3n) is 2.98. The molecule has 1 heterocycles. The summed E-state index contributed by atoms with van der Waals surface area (Å²) < 4.78 is 5.56. The highest BCUT2D eigenvalue weighted by Gasteiger charge is 2.14. The monoisotopic (exact) mass is 220 g/mol. The highest BCUT2D eigenvalue weighted by molar-refractivity contribution is 5.39. The van der Waals surface area contributed by atoms with Crippen molar-refractivity contribution in [1.29, 1.82) is 0 Å². The SMILES string of the molecule is Nc1ccc(CNCCC2CCCO2)cc1. The van der Waals surface area contributed by atoms with Crippen LogP contribution in [0.5, 0.6) is 0 Å². The first-order chi connectivity index (χ1) is 7.84. The maximum absolute atomic E-state index is 5.63. The first-order valence-electron chi connectivity index (χ1n) is 6.01. The number of ether oxygens (including phenoxy) is 1. The van der Waals surface area contributed by atoms with Crippen LogP contribution in [0.2, 0.25) is 0 Å². The zero-order valence-corrected chi connectivity index (χ0v) is 9.61. The molecule has 16 heavy (non-hydrogen) atoms. The molecule has 0 radical (unpaired) electrons. The second-order valence-electron chi connectivity index (χ2n) is 4.34. The van der Waals surface area contributed by atoms with Crippen molar-refractivity contribution in [2.75, 3.05) is 18.9 Å². The number of hydrogen-bond acceptors (Lipinski definition) is 3. The lowest BCUT2D eigenvalue weighted by atomic mass is 10.1. The molecule has 2 rings (SSSR count). The molecule has 3 nitrogen and oxygen atoms in total. The third kappa shape index (κ3) is 3.51. The van der Waals surface area contributed by atoms with E-state index in [0.29, 0.717) is 6.10 Å². The van der Waals surface area contributed by atoms with Crippen molar-refractivity contribution in [2.45, 2.75) is 31.9 Å². The number of anilines is 1. The number of nitrogens with one attached hydrogen (secondary N) is 1. The number of hydrogen-bond donors (Lipinski definition) is 2. The number of nitrogen functional groups attached to an aromatic ring is 1. The predicted octanol–water partition coefficient (Wildman–Crippen LogP) is 1.93. The van der Waals surface area contributed by atoms with Crippen LogP contribution in [0.3, 0.4) is 0 Å². The van der Waals surface area contributed by atoms with Crippen LogP contribution in [0, 0.1) is 0 Å². The molecule has 0 aromatic heterocycles. The molecule has 0 saturated carbocycles. The molecule has 88 valence electrons. The molecule has 1 unspecified atom stereocenters. The van der Waals surface area contributed by atoms with Crippen molar-refractivity contribution < 1.29 is 4.74 Å². The van der Waals surface area contributed by atoms with Crippen LogP contribution in [-0.4, -0.2) is 19.3 Å². The van der Waals surface area contributed by atoms with Gasteiger partial charge in [-0.15, -0.1) is 0 Å². The van der Waals surface area contributed by atoms with Gasteiger partial charge in [0.05, 0.1) is 6.10 Å². The van der Waals surface area contributed by atoms with E-state index < -0.39 is 0 Å². The Morgan fingerprint density at radius 2 is 2.12 bits per heavy atom. The molecule has 0 spiro atoms. The van der Waals surface area contributed by atoms with Gasteiger partial charge in [-0.2, -0.15) is 0 Å². The summed E-state index contributed by atoms with van der Waals surface area (Å²) in [5.74, 6) is 0. The quantitative estimate of drug-likeness (QED) is 0.589. The molecule has 1 saturated heterocycles. The molecule has 0 bridgehead atoms. The predicted molar refractivity (Wildman–Crippen MR) is 66.2 cm³/mol. The largest absolute Gasteiger partial charge is 0.399 e. The van der Waals surface area contributed by atoms with Gasteiger partial charge in [0.25, 0.3) is 0 Å². The van der Waals surface area contributed by atoms with E-state index in [0.717, 1.165) is 31.8 Å². The van der Waals surface area contributed by atoms with Crippen molar-refractivity contribution >= 4 is 5.69 Å². The first-order valence-corrected chi connectivity index (χ1v) is 6.01. The van der Waals surface area contributed by atoms with E-state index in [2.05, 4.69) is 17.4 Å². The van der Waals surface area contributed by atoms with E-state index >= 15 is 0 Å². The second-order valence-corrected chi connectivity index (χ2v) is 4.34. The van der Waals surface area contributed by atoms with Crippen LogP contribution in [0.4, 0.5) is 5.69 Å². The van der Waals surface area contributed by atoms with Gasteiger partial charge in [-0.1, -0.05) is 12.1 Å². The number of benzene rings is 1. The summed E-state index contributed by atoms with van der Waals surface area (Å²) in [5, 5.41) is 3.43. The standard InChI is InChI=1S/C13H20N2O/c14-12-5-3-11(4-6-12)10-15-8-7-13-2-1-9-16-13/h3-6,13,15H,1-2,7-10,14H2. The molecular formula is C13H20N2O. The van der Waals surface area contributed by atoms with Gasteiger partial charge in [0.15, 0.2) is 0 Å². The highest BCUT2D eigenvalue weighted by atomic mass is 16.5. The summed E-state index contributed by atoms with van der Waals surface area (Å²) in [6.07, 6.45) is 4.06. The van der Waals surface area contributed by atoms with Crippen molar-refractivity contribution in [1.82, 2.24) is 5.32 Å². The van der Waals surface area contributed by atoms with Gasteiger partial charge in [-0.3, -0.25) is 0 Å². The average Bonchev–Trinajstić information content (AvgIpc) is 2.80. The zero-order valence-electron chi connectivity index (χ0n) is 9.61. The fourth-order valence-corrected chi connectivity index (χ4v) is 2.00. The molecule has 1 aliphatic rings. The number of nitrogens with two attached hydrogens (primary N) is 1. The smallest absolute Gasteiger partial charge is 0.0588 e. The molecule has 1 aliphatic heterocycles. The Morgan fingerprint density at radius 3 is 2.81 bits per heavy atom. The van der Waals surface area contributed by atoms with Crippen molar-refractivity contribution in [3.05, 3.63) is 29.8 Å². The fourth-order valence-electron chi connectivity index (χ4n) is 2.00. The molecule has 1 aromatic rings. The zero-order chi connectivity index (χ0) is 11.2. The lowest BCUT2D eigenvalue weighted by Crippen LogP contribution is -2.19. The van der Waals surface area contributed by atoms with E-state index in [4.69, 9.17) is 10.5 Å². The van der Waals surface area contributed by atoms with Gasteiger partial charge in [0, 0.05) is 18.8 Å². The van der Waals surface area contributed by atoms with Crippen LogP contribution in [0.25, 0.3) is 0 Å². The Balaban J connectivity index is 1.62. The summed E-state index contributed by atoms with van der Waals surface area (Å²) in [6.45, 7) is 2.88. The van der Waals surface area contributed by atoms with E-state index in [1.165, 1.54) is 18.4 Å². The minimum absolute atomic E-state index is 0.485. The summed E-state index contributed by atoms with van der Waals surface area (Å²) in [5.41, 5.74) is 7.73. The van der Waals surface area contributed by atoms with Crippen molar-refractivity contribution in [3.8, 4) is 0 Å². The summed E-state index contributed by atoms with van der Waals surface area (Å²) in [6, 6.07) is 8.01. The van der Waals surface area contributed by atoms with E-state index in [9.17, 15) is 0 Å².